The lowest BCUT2D eigenvalue weighted by Gasteiger charge is -2.20. The van der Waals surface area contributed by atoms with Crippen molar-refractivity contribution in [3.8, 4) is 11.1 Å². The zero-order chi connectivity index (χ0) is 17.2. The number of likely N-dealkylation sites (N-methyl/N-ethyl adjacent to an activating group) is 1. The van der Waals surface area contributed by atoms with Gasteiger partial charge in [-0.25, -0.2) is 0 Å². The van der Waals surface area contributed by atoms with Crippen LogP contribution in [0.25, 0.3) is 22.2 Å². The highest BCUT2D eigenvalue weighted by atomic mass is 15.2. The fourth-order valence-corrected chi connectivity index (χ4v) is 3.58. The molecule has 128 valence electrons. The van der Waals surface area contributed by atoms with Crippen LogP contribution in [0.15, 0.2) is 54.9 Å². The van der Waals surface area contributed by atoms with E-state index in [0.29, 0.717) is 6.04 Å². The summed E-state index contributed by atoms with van der Waals surface area (Å²) >= 11 is 0. The van der Waals surface area contributed by atoms with Crippen LogP contribution in [0.4, 0.5) is 0 Å². The Morgan fingerprint density at radius 1 is 0.960 bits per heavy atom. The van der Waals surface area contributed by atoms with Crippen molar-refractivity contribution in [1.82, 2.24) is 19.8 Å². The lowest BCUT2D eigenvalue weighted by Crippen LogP contribution is -2.31. The quantitative estimate of drug-likeness (QED) is 0.733. The molecule has 25 heavy (non-hydrogen) atoms. The van der Waals surface area contributed by atoms with Gasteiger partial charge in [0.1, 0.15) is 0 Å². The summed E-state index contributed by atoms with van der Waals surface area (Å²) in [5.74, 6) is 0. The minimum atomic E-state index is 0.693. The minimum absolute atomic E-state index is 0.693. The van der Waals surface area contributed by atoms with Crippen LogP contribution in [-0.4, -0.2) is 53.0 Å². The van der Waals surface area contributed by atoms with E-state index in [1.54, 1.807) is 12.4 Å². The first-order chi connectivity index (χ1) is 12.2. The van der Waals surface area contributed by atoms with Crippen molar-refractivity contribution in [2.24, 2.45) is 0 Å². The summed E-state index contributed by atoms with van der Waals surface area (Å²) in [6, 6.07) is 15.9. The SMILES string of the molecule is CN(C)C1CCN(Cc2ccc(-c3ccc4nccnc4c3)cc2)C1. The van der Waals surface area contributed by atoms with Crippen LogP contribution in [0, 0.1) is 0 Å². The van der Waals surface area contributed by atoms with Gasteiger partial charge in [-0.2, -0.15) is 0 Å². The van der Waals surface area contributed by atoms with Gasteiger partial charge in [-0.3, -0.25) is 14.9 Å². The van der Waals surface area contributed by atoms with Crippen molar-refractivity contribution in [2.75, 3.05) is 27.2 Å². The van der Waals surface area contributed by atoms with E-state index >= 15 is 0 Å². The average Bonchev–Trinajstić information content (AvgIpc) is 3.11. The molecule has 2 aromatic carbocycles. The lowest BCUT2D eigenvalue weighted by molar-refractivity contribution is 0.264. The predicted octanol–water partition coefficient (Wildman–Crippen LogP) is 3.43. The van der Waals surface area contributed by atoms with Crippen LogP contribution < -0.4 is 0 Å². The molecular formula is C21H24N4. The van der Waals surface area contributed by atoms with Crippen LogP contribution >= 0.6 is 0 Å². The summed E-state index contributed by atoms with van der Waals surface area (Å²) in [7, 11) is 4.35. The summed E-state index contributed by atoms with van der Waals surface area (Å²) in [4.78, 5) is 13.6. The molecule has 1 saturated heterocycles. The summed E-state index contributed by atoms with van der Waals surface area (Å²) in [5, 5.41) is 0. The van der Waals surface area contributed by atoms with E-state index in [-0.39, 0.29) is 0 Å². The van der Waals surface area contributed by atoms with E-state index in [4.69, 9.17) is 0 Å². The number of nitrogens with zero attached hydrogens (tertiary/aromatic N) is 4. The average molecular weight is 332 g/mol. The molecule has 1 unspecified atom stereocenters. The minimum Gasteiger partial charge on any atom is -0.305 e. The largest absolute Gasteiger partial charge is 0.305 e. The van der Waals surface area contributed by atoms with Gasteiger partial charge in [0.25, 0.3) is 0 Å². The summed E-state index contributed by atoms with van der Waals surface area (Å²) in [6.45, 7) is 3.39. The van der Waals surface area contributed by atoms with Crippen LogP contribution in [0.5, 0.6) is 0 Å². The normalized spacial score (nSPS) is 18.3. The Kier molecular flexibility index (Phi) is 4.47. The number of rotatable bonds is 4. The van der Waals surface area contributed by atoms with Crippen LogP contribution in [0.2, 0.25) is 0 Å². The predicted molar refractivity (Wildman–Crippen MR) is 102 cm³/mol. The molecule has 1 atom stereocenters. The van der Waals surface area contributed by atoms with Crippen molar-refractivity contribution >= 4 is 11.0 Å². The maximum Gasteiger partial charge on any atom is 0.0892 e. The van der Waals surface area contributed by atoms with E-state index in [0.717, 1.165) is 24.1 Å². The number of hydrogen-bond acceptors (Lipinski definition) is 4. The Morgan fingerprint density at radius 3 is 2.40 bits per heavy atom. The van der Waals surface area contributed by atoms with Gasteiger partial charge in [0, 0.05) is 38.1 Å². The third-order valence-corrected chi connectivity index (χ3v) is 5.14. The van der Waals surface area contributed by atoms with Crippen molar-refractivity contribution in [2.45, 2.75) is 19.0 Å². The second-order valence-corrected chi connectivity index (χ2v) is 7.10. The molecule has 0 bridgehead atoms. The first kappa shape index (κ1) is 16.2. The van der Waals surface area contributed by atoms with Gasteiger partial charge in [-0.05, 0) is 49.3 Å². The van der Waals surface area contributed by atoms with Gasteiger partial charge >= 0.3 is 0 Å². The molecule has 3 aromatic rings. The Balaban J connectivity index is 1.48. The molecule has 0 N–H and O–H groups in total. The van der Waals surface area contributed by atoms with E-state index in [2.05, 4.69) is 70.3 Å². The fraction of sp³-hybridized carbons (Fsp3) is 0.333. The third kappa shape index (κ3) is 3.55. The van der Waals surface area contributed by atoms with Crippen molar-refractivity contribution in [3.05, 3.63) is 60.4 Å². The molecule has 4 rings (SSSR count). The Hall–Kier alpha value is -2.30. The highest BCUT2D eigenvalue weighted by Gasteiger charge is 2.23. The first-order valence-electron chi connectivity index (χ1n) is 8.88. The van der Waals surface area contributed by atoms with Gasteiger partial charge in [-0.1, -0.05) is 30.3 Å². The molecule has 1 aliphatic rings. The van der Waals surface area contributed by atoms with E-state index < -0.39 is 0 Å². The molecule has 0 amide bonds. The zero-order valence-corrected chi connectivity index (χ0v) is 14.9. The molecule has 0 radical (unpaired) electrons. The molecule has 4 heteroatoms. The highest BCUT2D eigenvalue weighted by molar-refractivity contribution is 5.81. The second kappa shape index (κ2) is 6.90. The number of benzene rings is 2. The number of hydrogen-bond donors (Lipinski definition) is 0. The third-order valence-electron chi connectivity index (χ3n) is 5.14. The van der Waals surface area contributed by atoms with Gasteiger partial charge in [0.15, 0.2) is 0 Å². The zero-order valence-electron chi connectivity index (χ0n) is 14.9. The van der Waals surface area contributed by atoms with Crippen LogP contribution in [0.3, 0.4) is 0 Å². The van der Waals surface area contributed by atoms with E-state index in [1.807, 2.05) is 6.07 Å². The number of likely N-dealkylation sites (tertiary alicyclic amines) is 1. The Bertz CT molecular complexity index is 857. The molecule has 0 spiro atoms. The fourth-order valence-electron chi connectivity index (χ4n) is 3.58. The maximum absolute atomic E-state index is 4.40. The maximum atomic E-state index is 4.40. The summed E-state index contributed by atoms with van der Waals surface area (Å²) in [5.41, 5.74) is 5.67. The molecular weight excluding hydrogens is 308 g/mol. The van der Waals surface area contributed by atoms with Crippen molar-refractivity contribution in [1.29, 1.82) is 0 Å². The van der Waals surface area contributed by atoms with Crippen molar-refractivity contribution in [3.63, 3.8) is 0 Å². The van der Waals surface area contributed by atoms with Gasteiger partial charge in [0.2, 0.25) is 0 Å². The van der Waals surface area contributed by atoms with E-state index in [1.165, 1.54) is 29.7 Å². The molecule has 0 aliphatic carbocycles. The van der Waals surface area contributed by atoms with Crippen molar-refractivity contribution < 1.29 is 0 Å². The lowest BCUT2D eigenvalue weighted by atomic mass is 10.0. The molecule has 1 aliphatic heterocycles. The number of fused-ring (bicyclic) bond motifs is 1. The van der Waals surface area contributed by atoms with Gasteiger partial charge in [-0.15, -0.1) is 0 Å². The standard InChI is InChI=1S/C21H24N4/c1-24(2)19-9-12-25(15-19)14-16-3-5-17(6-4-16)18-7-8-20-21(13-18)23-11-10-22-20/h3-8,10-11,13,19H,9,12,14-15H2,1-2H3. The summed E-state index contributed by atoms with van der Waals surface area (Å²) in [6.07, 6.45) is 4.74. The highest BCUT2D eigenvalue weighted by Crippen LogP contribution is 2.24. The molecule has 1 fully saturated rings. The molecule has 0 saturated carbocycles. The van der Waals surface area contributed by atoms with Gasteiger partial charge < -0.3 is 4.90 Å². The monoisotopic (exact) mass is 332 g/mol. The van der Waals surface area contributed by atoms with Crippen LogP contribution in [-0.2, 0) is 6.54 Å². The smallest absolute Gasteiger partial charge is 0.0892 e. The molecule has 2 heterocycles. The second-order valence-electron chi connectivity index (χ2n) is 7.10. The van der Waals surface area contributed by atoms with E-state index in [9.17, 15) is 0 Å². The Morgan fingerprint density at radius 2 is 1.68 bits per heavy atom. The number of aromatic nitrogens is 2. The molecule has 1 aromatic heterocycles. The molecule has 4 nitrogen and oxygen atoms in total. The van der Waals surface area contributed by atoms with Crippen LogP contribution in [0.1, 0.15) is 12.0 Å². The topological polar surface area (TPSA) is 32.3 Å². The Labute approximate surface area is 149 Å². The first-order valence-corrected chi connectivity index (χ1v) is 8.88. The summed E-state index contributed by atoms with van der Waals surface area (Å²) < 4.78 is 0. The van der Waals surface area contributed by atoms with Gasteiger partial charge in [0.05, 0.1) is 11.0 Å².